The number of hydrogen-bond acceptors (Lipinski definition) is 1. The Morgan fingerprint density at radius 1 is 0.467 bits per heavy atom. The van der Waals surface area contributed by atoms with Crippen LogP contribution in [0.2, 0.25) is 0 Å². The van der Waals surface area contributed by atoms with Crippen LogP contribution in [0.5, 0.6) is 0 Å². The van der Waals surface area contributed by atoms with Crippen molar-refractivity contribution >= 4 is 44.0 Å². The number of nitrogens with zero attached hydrogens (tertiary/aromatic N) is 1. The Hall–Kier alpha value is -5.60. The van der Waals surface area contributed by atoms with Crippen LogP contribution in [0.4, 0.5) is 11.4 Å². The molecule has 7 aromatic carbocycles. The molecule has 0 saturated heterocycles. The van der Waals surface area contributed by atoms with Gasteiger partial charge in [0.1, 0.15) is 0 Å². The fraction of sp³-hybridized carbons (Fsp3) is 0.0698. The van der Waals surface area contributed by atoms with Gasteiger partial charge < -0.3 is 9.88 Å². The second kappa shape index (κ2) is 9.70. The summed E-state index contributed by atoms with van der Waals surface area (Å²) < 4.78 is 2.42. The lowest BCUT2D eigenvalue weighted by molar-refractivity contribution is 0.660. The monoisotopic (exact) mass is 576 g/mol. The maximum Gasteiger partial charge on any atom is 0.0541 e. The van der Waals surface area contributed by atoms with Gasteiger partial charge in [-0.25, -0.2) is 0 Å². The van der Waals surface area contributed by atoms with Crippen LogP contribution in [0.3, 0.4) is 0 Å². The van der Waals surface area contributed by atoms with Crippen molar-refractivity contribution in [2.24, 2.45) is 0 Å². The average molecular weight is 577 g/mol. The van der Waals surface area contributed by atoms with Crippen LogP contribution in [0.15, 0.2) is 152 Å². The number of benzene rings is 7. The maximum absolute atomic E-state index is 3.76. The first-order valence-corrected chi connectivity index (χ1v) is 15.7. The Morgan fingerprint density at radius 3 is 1.82 bits per heavy atom. The minimum absolute atomic E-state index is 0.0140. The molecule has 0 radical (unpaired) electrons. The van der Waals surface area contributed by atoms with Gasteiger partial charge in [0.25, 0.3) is 0 Å². The van der Waals surface area contributed by atoms with Crippen molar-refractivity contribution in [1.29, 1.82) is 0 Å². The molecule has 0 atom stereocenters. The molecule has 9 rings (SSSR count). The predicted molar refractivity (Wildman–Crippen MR) is 191 cm³/mol. The summed E-state index contributed by atoms with van der Waals surface area (Å²) in [6.45, 7) is 4.65. The molecule has 2 heteroatoms. The molecule has 1 N–H and O–H groups in total. The lowest BCUT2D eigenvalue weighted by atomic mass is 9.82. The molecular formula is C43H32N2. The van der Waals surface area contributed by atoms with Gasteiger partial charge in [0.15, 0.2) is 0 Å². The van der Waals surface area contributed by atoms with Crippen molar-refractivity contribution < 1.29 is 0 Å². The Morgan fingerprint density at radius 2 is 1.04 bits per heavy atom. The molecule has 0 fully saturated rings. The van der Waals surface area contributed by atoms with E-state index in [1.54, 1.807) is 0 Å². The number of aromatic nitrogens is 1. The van der Waals surface area contributed by atoms with Gasteiger partial charge in [0.2, 0.25) is 0 Å². The van der Waals surface area contributed by atoms with E-state index in [4.69, 9.17) is 0 Å². The van der Waals surface area contributed by atoms with Crippen LogP contribution >= 0.6 is 0 Å². The van der Waals surface area contributed by atoms with Gasteiger partial charge in [-0.3, -0.25) is 0 Å². The summed E-state index contributed by atoms with van der Waals surface area (Å²) in [5, 5.41) is 8.80. The van der Waals surface area contributed by atoms with Crippen LogP contribution in [-0.2, 0) is 5.41 Å². The van der Waals surface area contributed by atoms with Gasteiger partial charge in [-0.2, -0.15) is 0 Å². The number of rotatable bonds is 4. The van der Waals surface area contributed by atoms with Gasteiger partial charge in [-0.05, 0) is 69.6 Å². The average Bonchev–Trinajstić information content (AvgIpc) is 3.54. The number of para-hydroxylation sites is 2. The fourth-order valence-corrected chi connectivity index (χ4v) is 7.67. The Kier molecular flexibility index (Phi) is 5.58. The normalized spacial score (nSPS) is 13.3. The number of nitrogens with one attached hydrogen (secondary N) is 1. The molecule has 0 unspecified atom stereocenters. The largest absolute Gasteiger partial charge is 0.355 e. The van der Waals surface area contributed by atoms with Crippen LogP contribution in [0, 0.1) is 0 Å². The summed E-state index contributed by atoms with van der Waals surface area (Å²) in [6, 6.07) is 55.2. The second-order valence-electron chi connectivity index (χ2n) is 12.6. The van der Waals surface area contributed by atoms with E-state index in [1.165, 1.54) is 71.6 Å². The topological polar surface area (TPSA) is 17.0 Å². The van der Waals surface area contributed by atoms with Gasteiger partial charge in [-0.1, -0.05) is 129 Å². The third kappa shape index (κ3) is 3.82. The first-order valence-electron chi connectivity index (χ1n) is 15.7. The maximum atomic E-state index is 3.76. The summed E-state index contributed by atoms with van der Waals surface area (Å²) in [6.07, 6.45) is 0. The van der Waals surface area contributed by atoms with Gasteiger partial charge in [0.05, 0.1) is 16.7 Å². The molecule has 0 bridgehead atoms. The van der Waals surface area contributed by atoms with E-state index >= 15 is 0 Å². The van der Waals surface area contributed by atoms with Crippen LogP contribution in [0.25, 0.3) is 60.5 Å². The molecule has 0 aliphatic heterocycles. The van der Waals surface area contributed by atoms with E-state index in [0.717, 1.165) is 11.4 Å². The van der Waals surface area contributed by atoms with Crippen LogP contribution < -0.4 is 5.32 Å². The van der Waals surface area contributed by atoms with Crippen molar-refractivity contribution in [3.8, 4) is 27.9 Å². The first-order chi connectivity index (χ1) is 22.1. The molecule has 8 aromatic rings. The van der Waals surface area contributed by atoms with Crippen molar-refractivity contribution in [3.05, 3.63) is 163 Å². The SMILES string of the molecule is CC1(C)c2ccccc2-c2c(Nc3ccc(-c4cccc5c(-n6c7ccccc7c7ccccc76)cccc45)cc3)cccc21. The molecule has 2 nitrogen and oxygen atoms in total. The first kappa shape index (κ1) is 25.9. The standard InChI is InChI=1S/C43H32N2/c1-43(2)36-18-6-3-14-35(36)42-37(43)19-11-20-38(42)44-29-26-24-28(25-27-29)30-15-9-17-32-31(30)16-10-23-41(32)45-39-21-7-4-12-33(39)34-13-5-8-22-40(34)45/h3-27,44H,1-2H3. The summed E-state index contributed by atoms with van der Waals surface area (Å²) in [5.74, 6) is 0. The molecule has 214 valence electrons. The van der Waals surface area contributed by atoms with Crippen molar-refractivity contribution in [3.63, 3.8) is 0 Å². The van der Waals surface area contributed by atoms with Gasteiger partial charge >= 0.3 is 0 Å². The summed E-state index contributed by atoms with van der Waals surface area (Å²) >= 11 is 0. The third-order valence-corrected chi connectivity index (χ3v) is 9.80. The molecule has 1 heterocycles. The van der Waals surface area contributed by atoms with Crippen LogP contribution in [-0.4, -0.2) is 4.57 Å². The molecule has 0 spiro atoms. The summed E-state index contributed by atoms with van der Waals surface area (Å²) in [7, 11) is 0. The molecule has 0 amide bonds. The van der Waals surface area contributed by atoms with Crippen molar-refractivity contribution in [2.75, 3.05) is 5.32 Å². The third-order valence-electron chi connectivity index (χ3n) is 9.80. The van der Waals surface area contributed by atoms with Gasteiger partial charge in [-0.15, -0.1) is 0 Å². The highest BCUT2D eigenvalue weighted by Crippen LogP contribution is 2.51. The zero-order valence-corrected chi connectivity index (χ0v) is 25.4. The summed E-state index contributed by atoms with van der Waals surface area (Å²) in [5.41, 5.74) is 13.7. The lowest BCUT2D eigenvalue weighted by Crippen LogP contribution is -2.14. The van der Waals surface area contributed by atoms with Crippen LogP contribution in [0.1, 0.15) is 25.0 Å². The zero-order chi connectivity index (χ0) is 30.1. The highest BCUT2D eigenvalue weighted by Gasteiger charge is 2.36. The molecule has 45 heavy (non-hydrogen) atoms. The molecule has 1 aliphatic rings. The van der Waals surface area contributed by atoms with E-state index in [2.05, 4.69) is 175 Å². The number of anilines is 2. The van der Waals surface area contributed by atoms with E-state index in [1.807, 2.05) is 0 Å². The smallest absolute Gasteiger partial charge is 0.0541 e. The highest BCUT2D eigenvalue weighted by atomic mass is 15.0. The Bertz CT molecular complexity index is 2370. The minimum Gasteiger partial charge on any atom is -0.355 e. The highest BCUT2D eigenvalue weighted by molar-refractivity contribution is 6.11. The predicted octanol–water partition coefficient (Wildman–Crippen LogP) is 11.7. The molecule has 1 aromatic heterocycles. The van der Waals surface area contributed by atoms with Crippen molar-refractivity contribution in [2.45, 2.75) is 19.3 Å². The number of hydrogen-bond donors (Lipinski definition) is 1. The fourth-order valence-electron chi connectivity index (χ4n) is 7.67. The number of fused-ring (bicyclic) bond motifs is 7. The quantitative estimate of drug-likeness (QED) is 0.220. The second-order valence-corrected chi connectivity index (χ2v) is 12.6. The minimum atomic E-state index is -0.0140. The van der Waals surface area contributed by atoms with Gasteiger partial charge in [0, 0.05) is 38.5 Å². The van der Waals surface area contributed by atoms with E-state index in [-0.39, 0.29) is 5.41 Å². The van der Waals surface area contributed by atoms with E-state index in [9.17, 15) is 0 Å². The summed E-state index contributed by atoms with van der Waals surface area (Å²) in [4.78, 5) is 0. The van der Waals surface area contributed by atoms with E-state index in [0.29, 0.717) is 0 Å². The lowest BCUT2D eigenvalue weighted by Gasteiger charge is -2.21. The Labute approximate surface area is 263 Å². The molecule has 0 saturated carbocycles. The zero-order valence-electron chi connectivity index (χ0n) is 25.4. The molecular weight excluding hydrogens is 544 g/mol. The van der Waals surface area contributed by atoms with Crippen molar-refractivity contribution in [1.82, 2.24) is 4.57 Å². The van der Waals surface area contributed by atoms with E-state index < -0.39 is 0 Å². The molecule has 1 aliphatic carbocycles. The Balaban J connectivity index is 1.12.